The largest absolute Gasteiger partial charge is 0.334 e. The Labute approximate surface area is 120 Å². The number of hydrogen-bond donors (Lipinski definition) is 1. The lowest BCUT2D eigenvalue weighted by atomic mass is 9.77. The minimum atomic E-state index is -0.421. The zero-order chi connectivity index (χ0) is 14.3. The Bertz CT molecular complexity index is 743. The standard InChI is InChI=1S/C13H13N7O/c14-13(4-1-5-13)12-18-11(21-19-12)9-2-3-10(16-6-9)20-8-15-7-17-20/h2-3,6-8H,1,4-5,14H2. The van der Waals surface area contributed by atoms with Crippen LogP contribution >= 0.6 is 0 Å². The zero-order valence-electron chi connectivity index (χ0n) is 11.2. The van der Waals surface area contributed by atoms with E-state index in [1.165, 1.54) is 6.33 Å². The van der Waals surface area contributed by atoms with E-state index in [9.17, 15) is 0 Å². The highest BCUT2D eigenvalue weighted by Crippen LogP contribution is 2.37. The molecule has 0 spiro atoms. The summed E-state index contributed by atoms with van der Waals surface area (Å²) in [5.74, 6) is 1.67. The maximum Gasteiger partial charge on any atom is 0.259 e. The van der Waals surface area contributed by atoms with E-state index in [0.717, 1.165) is 24.8 Å². The number of nitrogens with two attached hydrogens (primary N) is 1. The van der Waals surface area contributed by atoms with Gasteiger partial charge < -0.3 is 10.3 Å². The Morgan fingerprint density at radius 2 is 2.19 bits per heavy atom. The summed E-state index contributed by atoms with van der Waals surface area (Å²) >= 11 is 0. The maximum atomic E-state index is 6.18. The summed E-state index contributed by atoms with van der Waals surface area (Å²) in [7, 11) is 0. The van der Waals surface area contributed by atoms with E-state index in [4.69, 9.17) is 10.3 Å². The molecule has 0 aromatic carbocycles. The van der Waals surface area contributed by atoms with Crippen LogP contribution in [0.15, 0.2) is 35.5 Å². The predicted octanol–water partition coefficient (Wildman–Crippen LogP) is 1.05. The van der Waals surface area contributed by atoms with Crippen LogP contribution in [0.2, 0.25) is 0 Å². The summed E-state index contributed by atoms with van der Waals surface area (Å²) < 4.78 is 6.86. The average Bonchev–Trinajstić information content (AvgIpc) is 3.16. The average molecular weight is 283 g/mol. The van der Waals surface area contributed by atoms with Crippen LogP contribution in [0.1, 0.15) is 25.1 Å². The van der Waals surface area contributed by atoms with E-state index >= 15 is 0 Å². The second-order valence-electron chi connectivity index (χ2n) is 5.18. The summed E-state index contributed by atoms with van der Waals surface area (Å²) in [6, 6.07) is 3.67. The number of aromatic nitrogens is 6. The highest BCUT2D eigenvalue weighted by molar-refractivity contribution is 5.52. The van der Waals surface area contributed by atoms with Crippen molar-refractivity contribution < 1.29 is 4.52 Å². The minimum absolute atomic E-state index is 0.421. The van der Waals surface area contributed by atoms with Gasteiger partial charge >= 0.3 is 0 Å². The van der Waals surface area contributed by atoms with Gasteiger partial charge in [0, 0.05) is 6.20 Å². The molecule has 4 rings (SSSR count). The SMILES string of the molecule is NC1(c2noc(-c3ccc(-n4cncn4)nc3)n2)CCC1. The Kier molecular flexibility index (Phi) is 2.58. The van der Waals surface area contributed by atoms with Crippen molar-refractivity contribution in [1.82, 2.24) is 29.9 Å². The van der Waals surface area contributed by atoms with E-state index in [-0.39, 0.29) is 0 Å². The van der Waals surface area contributed by atoms with Crippen molar-refractivity contribution in [1.29, 1.82) is 0 Å². The molecule has 21 heavy (non-hydrogen) atoms. The van der Waals surface area contributed by atoms with Crippen LogP contribution in [0, 0.1) is 0 Å². The number of pyridine rings is 1. The molecule has 1 fully saturated rings. The van der Waals surface area contributed by atoms with E-state index in [1.54, 1.807) is 17.2 Å². The van der Waals surface area contributed by atoms with Gasteiger partial charge in [-0.1, -0.05) is 5.16 Å². The fraction of sp³-hybridized carbons (Fsp3) is 0.308. The third-order valence-electron chi connectivity index (χ3n) is 3.77. The third-order valence-corrected chi connectivity index (χ3v) is 3.77. The van der Waals surface area contributed by atoms with Crippen molar-refractivity contribution in [3.8, 4) is 17.3 Å². The number of hydrogen-bond acceptors (Lipinski definition) is 7. The maximum absolute atomic E-state index is 6.18. The number of nitrogens with zero attached hydrogens (tertiary/aromatic N) is 6. The molecule has 2 N–H and O–H groups in total. The molecule has 8 nitrogen and oxygen atoms in total. The first-order chi connectivity index (χ1) is 10.2. The van der Waals surface area contributed by atoms with Crippen LogP contribution in [0.3, 0.4) is 0 Å². The molecule has 1 saturated carbocycles. The Balaban J connectivity index is 1.62. The Morgan fingerprint density at radius 1 is 1.29 bits per heavy atom. The summed E-state index contributed by atoms with van der Waals surface area (Å²) in [6.45, 7) is 0. The van der Waals surface area contributed by atoms with Crippen molar-refractivity contribution >= 4 is 0 Å². The molecule has 1 aliphatic carbocycles. The first-order valence-corrected chi connectivity index (χ1v) is 6.69. The molecule has 0 bridgehead atoms. The lowest BCUT2D eigenvalue weighted by Gasteiger charge is -2.34. The van der Waals surface area contributed by atoms with Gasteiger partial charge in [0.2, 0.25) is 0 Å². The van der Waals surface area contributed by atoms with Crippen molar-refractivity contribution in [2.45, 2.75) is 24.8 Å². The molecule has 0 atom stereocenters. The van der Waals surface area contributed by atoms with Gasteiger partial charge in [0.1, 0.15) is 12.7 Å². The number of rotatable bonds is 3. The summed E-state index contributed by atoms with van der Waals surface area (Å²) in [5, 5.41) is 8.01. The molecular weight excluding hydrogens is 270 g/mol. The van der Waals surface area contributed by atoms with E-state index in [1.807, 2.05) is 12.1 Å². The fourth-order valence-electron chi connectivity index (χ4n) is 2.30. The highest BCUT2D eigenvalue weighted by Gasteiger charge is 2.39. The molecule has 106 valence electrons. The normalized spacial score (nSPS) is 16.6. The smallest absolute Gasteiger partial charge is 0.259 e. The van der Waals surface area contributed by atoms with Crippen molar-refractivity contribution in [3.05, 3.63) is 36.8 Å². The molecule has 0 radical (unpaired) electrons. The second kappa shape index (κ2) is 4.45. The van der Waals surface area contributed by atoms with Crippen molar-refractivity contribution in [2.75, 3.05) is 0 Å². The van der Waals surface area contributed by atoms with Gasteiger partial charge in [0.15, 0.2) is 11.6 Å². The molecule has 3 heterocycles. The van der Waals surface area contributed by atoms with Gasteiger partial charge in [0.25, 0.3) is 5.89 Å². The van der Waals surface area contributed by atoms with E-state index in [2.05, 4.69) is 25.2 Å². The van der Waals surface area contributed by atoms with Crippen molar-refractivity contribution in [3.63, 3.8) is 0 Å². The summed E-state index contributed by atoms with van der Waals surface area (Å²) in [4.78, 5) is 12.6. The lowest BCUT2D eigenvalue weighted by Crippen LogP contribution is -2.44. The topological polar surface area (TPSA) is 109 Å². The molecule has 3 aromatic heterocycles. The van der Waals surface area contributed by atoms with Crippen LogP contribution in [0.4, 0.5) is 0 Å². The Hall–Kier alpha value is -2.61. The van der Waals surface area contributed by atoms with Crippen LogP contribution in [-0.4, -0.2) is 29.9 Å². The van der Waals surface area contributed by atoms with E-state index in [0.29, 0.717) is 17.5 Å². The molecule has 0 unspecified atom stereocenters. The van der Waals surface area contributed by atoms with Gasteiger partial charge in [-0.2, -0.15) is 10.1 Å². The molecule has 0 aliphatic heterocycles. The molecular formula is C13H13N7O. The third kappa shape index (κ3) is 2.00. The zero-order valence-corrected chi connectivity index (χ0v) is 11.2. The van der Waals surface area contributed by atoms with Gasteiger partial charge in [-0.15, -0.1) is 0 Å². The van der Waals surface area contributed by atoms with E-state index < -0.39 is 5.54 Å². The fourth-order valence-corrected chi connectivity index (χ4v) is 2.30. The van der Waals surface area contributed by atoms with Crippen LogP contribution in [0.25, 0.3) is 17.3 Å². The Morgan fingerprint density at radius 3 is 2.81 bits per heavy atom. The monoisotopic (exact) mass is 283 g/mol. The quantitative estimate of drug-likeness (QED) is 0.765. The molecule has 0 saturated heterocycles. The highest BCUT2D eigenvalue weighted by atomic mass is 16.5. The minimum Gasteiger partial charge on any atom is -0.334 e. The van der Waals surface area contributed by atoms with Crippen molar-refractivity contribution in [2.24, 2.45) is 5.73 Å². The van der Waals surface area contributed by atoms with Crippen LogP contribution < -0.4 is 5.73 Å². The molecule has 1 aliphatic rings. The van der Waals surface area contributed by atoms with Crippen LogP contribution in [-0.2, 0) is 5.54 Å². The second-order valence-corrected chi connectivity index (χ2v) is 5.18. The first-order valence-electron chi connectivity index (χ1n) is 6.69. The predicted molar refractivity (Wildman–Crippen MR) is 72.2 cm³/mol. The lowest BCUT2D eigenvalue weighted by molar-refractivity contribution is 0.229. The molecule has 3 aromatic rings. The first kappa shape index (κ1) is 12.2. The van der Waals surface area contributed by atoms with Gasteiger partial charge in [0.05, 0.1) is 11.1 Å². The summed E-state index contributed by atoms with van der Waals surface area (Å²) in [6.07, 6.45) is 7.61. The molecule has 8 heteroatoms. The molecule has 0 amide bonds. The van der Waals surface area contributed by atoms with Gasteiger partial charge in [-0.3, -0.25) is 0 Å². The van der Waals surface area contributed by atoms with Gasteiger partial charge in [-0.05, 0) is 31.4 Å². The van der Waals surface area contributed by atoms with Crippen LogP contribution in [0.5, 0.6) is 0 Å². The summed E-state index contributed by atoms with van der Waals surface area (Å²) in [5.41, 5.74) is 6.51. The van der Waals surface area contributed by atoms with Gasteiger partial charge in [-0.25, -0.2) is 14.6 Å².